The number of nitrogens with zero attached hydrogens (tertiary/aromatic N) is 2. The van der Waals surface area contributed by atoms with Crippen molar-refractivity contribution in [3.63, 3.8) is 0 Å². The lowest BCUT2D eigenvalue weighted by Crippen LogP contribution is -2.15. The lowest BCUT2D eigenvalue weighted by Gasteiger charge is -2.09. The average molecular weight is 232 g/mol. The number of para-hydroxylation sites is 1. The summed E-state index contributed by atoms with van der Waals surface area (Å²) in [7, 11) is 1.88. The van der Waals surface area contributed by atoms with Gasteiger partial charge in [0.1, 0.15) is 11.7 Å². The number of aromatic nitrogens is 2. The van der Waals surface area contributed by atoms with Gasteiger partial charge in [-0.2, -0.15) is 0 Å². The fraction of sp³-hybridized carbons (Fsp3) is 0.385. The van der Waals surface area contributed by atoms with Gasteiger partial charge in [-0.1, -0.05) is 19.1 Å². The lowest BCUT2D eigenvalue weighted by atomic mass is 10.1. The van der Waals surface area contributed by atoms with Crippen molar-refractivity contribution < 1.29 is 9.90 Å². The molecule has 17 heavy (non-hydrogen) atoms. The van der Waals surface area contributed by atoms with Gasteiger partial charge in [0.2, 0.25) is 0 Å². The Balaban J connectivity index is 2.67. The Bertz CT molecular complexity index is 572. The van der Waals surface area contributed by atoms with Crippen LogP contribution < -0.4 is 0 Å². The highest BCUT2D eigenvalue weighted by Gasteiger charge is 2.23. The molecule has 1 atom stereocenters. The van der Waals surface area contributed by atoms with E-state index >= 15 is 0 Å². The summed E-state index contributed by atoms with van der Waals surface area (Å²) in [6, 6.07) is 5.87. The number of fused-ring (bicyclic) bond motifs is 1. The number of hydrogen-bond acceptors (Lipinski definition) is 2. The second-order valence-corrected chi connectivity index (χ2v) is 4.27. The molecule has 0 fully saturated rings. The number of hydrogen-bond donors (Lipinski definition) is 1. The van der Waals surface area contributed by atoms with Crippen LogP contribution in [0.1, 0.15) is 30.7 Å². The van der Waals surface area contributed by atoms with Gasteiger partial charge in [0.15, 0.2) is 0 Å². The quantitative estimate of drug-likeness (QED) is 0.884. The SMILES string of the molecule is CCC(C(=O)O)c1nc2cccc(C)c2n1C. The summed E-state index contributed by atoms with van der Waals surface area (Å²) in [5.41, 5.74) is 2.99. The number of carbonyl (C=O) groups is 1. The number of aryl methyl sites for hydroxylation is 2. The van der Waals surface area contributed by atoms with Crippen molar-refractivity contribution in [3.8, 4) is 0 Å². The fourth-order valence-electron chi connectivity index (χ4n) is 2.26. The molecule has 90 valence electrons. The van der Waals surface area contributed by atoms with Crippen LogP contribution in [0.25, 0.3) is 11.0 Å². The van der Waals surface area contributed by atoms with Crippen molar-refractivity contribution in [2.24, 2.45) is 7.05 Å². The minimum Gasteiger partial charge on any atom is -0.481 e. The smallest absolute Gasteiger partial charge is 0.314 e. The maximum absolute atomic E-state index is 11.2. The first-order valence-corrected chi connectivity index (χ1v) is 5.71. The predicted octanol–water partition coefficient (Wildman–Crippen LogP) is 2.46. The maximum Gasteiger partial charge on any atom is 0.314 e. The van der Waals surface area contributed by atoms with E-state index in [4.69, 9.17) is 0 Å². The molecule has 0 saturated heterocycles. The molecule has 4 nitrogen and oxygen atoms in total. The van der Waals surface area contributed by atoms with Crippen LogP contribution in [0.4, 0.5) is 0 Å². The minimum absolute atomic E-state index is 0.535. The normalized spacial score (nSPS) is 12.9. The van der Waals surface area contributed by atoms with Crippen molar-refractivity contribution in [3.05, 3.63) is 29.6 Å². The van der Waals surface area contributed by atoms with Crippen molar-refractivity contribution in [2.75, 3.05) is 0 Å². The zero-order valence-corrected chi connectivity index (χ0v) is 10.3. The van der Waals surface area contributed by atoms with Crippen LogP contribution in [-0.2, 0) is 11.8 Å². The number of aliphatic carboxylic acids is 1. The fourth-order valence-corrected chi connectivity index (χ4v) is 2.26. The van der Waals surface area contributed by atoms with Crippen LogP contribution >= 0.6 is 0 Å². The highest BCUT2D eigenvalue weighted by atomic mass is 16.4. The number of imidazole rings is 1. The van der Waals surface area contributed by atoms with E-state index in [0.29, 0.717) is 12.2 Å². The van der Waals surface area contributed by atoms with Gasteiger partial charge >= 0.3 is 5.97 Å². The van der Waals surface area contributed by atoms with Crippen LogP contribution in [0.15, 0.2) is 18.2 Å². The largest absolute Gasteiger partial charge is 0.481 e. The van der Waals surface area contributed by atoms with Gasteiger partial charge in [0.05, 0.1) is 11.0 Å². The van der Waals surface area contributed by atoms with Crippen molar-refractivity contribution in [1.82, 2.24) is 9.55 Å². The molecule has 0 spiro atoms. The first-order valence-electron chi connectivity index (χ1n) is 5.71. The summed E-state index contributed by atoms with van der Waals surface area (Å²) in [6.07, 6.45) is 0.547. The molecule has 2 rings (SSSR count). The van der Waals surface area contributed by atoms with Gasteiger partial charge in [-0.05, 0) is 25.0 Å². The molecule has 0 aliphatic rings. The average Bonchev–Trinajstić information content (AvgIpc) is 2.58. The molecule has 2 aromatic rings. The third-order valence-corrected chi connectivity index (χ3v) is 3.15. The van der Waals surface area contributed by atoms with Crippen molar-refractivity contribution in [1.29, 1.82) is 0 Å². The molecule has 1 heterocycles. The summed E-state index contributed by atoms with van der Waals surface area (Å²) in [6.45, 7) is 3.88. The molecule has 0 radical (unpaired) electrons. The molecule has 1 aromatic carbocycles. The van der Waals surface area contributed by atoms with Gasteiger partial charge in [-0.25, -0.2) is 4.98 Å². The van der Waals surface area contributed by atoms with E-state index in [-0.39, 0.29) is 0 Å². The van der Waals surface area contributed by atoms with E-state index in [2.05, 4.69) is 4.98 Å². The first-order chi connectivity index (χ1) is 8.06. The van der Waals surface area contributed by atoms with Gasteiger partial charge in [-0.15, -0.1) is 0 Å². The summed E-state index contributed by atoms with van der Waals surface area (Å²) in [5, 5.41) is 9.19. The first kappa shape index (κ1) is 11.6. The summed E-state index contributed by atoms with van der Waals surface area (Å²) in [5.74, 6) is -0.723. The maximum atomic E-state index is 11.2. The monoisotopic (exact) mass is 232 g/mol. The third kappa shape index (κ3) is 1.79. The van der Waals surface area contributed by atoms with Crippen LogP contribution in [0.2, 0.25) is 0 Å². The molecule has 0 aliphatic heterocycles. The zero-order valence-electron chi connectivity index (χ0n) is 10.3. The van der Waals surface area contributed by atoms with Gasteiger partial charge < -0.3 is 9.67 Å². The molecule has 1 aromatic heterocycles. The number of carboxylic acid groups (broad SMARTS) is 1. The Morgan fingerprint density at radius 1 is 1.53 bits per heavy atom. The van der Waals surface area contributed by atoms with Crippen LogP contribution in [0.3, 0.4) is 0 Å². The van der Waals surface area contributed by atoms with Gasteiger partial charge in [0, 0.05) is 7.05 Å². The standard InChI is InChI=1S/C13H16N2O2/c1-4-9(13(16)17)12-14-10-7-5-6-8(2)11(10)15(12)3/h5-7,9H,4H2,1-3H3,(H,16,17). The molecular formula is C13H16N2O2. The predicted molar refractivity (Wildman–Crippen MR) is 66.1 cm³/mol. The van der Waals surface area contributed by atoms with E-state index in [0.717, 1.165) is 16.6 Å². The third-order valence-electron chi connectivity index (χ3n) is 3.15. The molecule has 1 unspecified atom stereocenters. The van der Waals surface area contributed by atoms with E-state index in [1.807, 2.05) is 43.7 Å². The second-order valence-electron chi connectivity index (χ2n) is 4.27. The van der Waals surface area contributed by atoms with Crippen LogP contribution in [0, 0.1) is 6.92 Å². The Kier molecular flexibility index (Phi) is 2.88. The highest BCUT2D eigenvalue weighted by Crippen LogP contribution is 2.25. The molecule has 0 bridgehead atoms. The Morgan fingerprint density at radius 2 is 2.24 bits per heavy atom. The number of rotatable bonds is 3. The number of carboxylic acids is 1. The molecule has 1 N–H and O–H groups in total. The van der Waals surface area contributed by atoms with E-state index in [1.54, 1.807) is 0 Å². The molecule has 4 heteroatoms. The van der Waals surface area contributed by atoms with Crippen molar-refractivity contribution in [2.45, 2.75) is 26.2 Å². The molecule has 0 amide bonds. The lowest BCUT2D eigenvalue weighted by molar-refractivity contribution is -0.139. The van der Waals surface area contributed by atoms with Crippen LogP contribution in [-0.4, -0.2) is 20.6 Å². The molecule has 0 saturated carbocycles. The minimum atomic E-state index is -0.816. The Labute approximate surface area is 99.9 Å². The summed E-state index contributed by atoms with van der Waals surface area (Å²) in [4.78, 5) is 15.6. The zero-order chi connectivity index (χ0) is 12.6. The second kappa shape index (κ2) is 4.20. The van der Waals surface area contributed by atoms with Crippen molar-refractivity contribution >= 4 is 17.0 Å². The van der Waals surface area contributed by atoms with Gasteiger partial charge in [-0.3, -0.25) is 4.79 Å². The summed E-state index contributed by atoms with van der Waals surface area (Å²) >= 11 is 0. The Morgan fingerprint density at radius 3 is 2.76 bits per heavy atom. The van der Waals surface area contributed by atoms with Crippen LogP contribution in [0.5, 0.6) is 0 Å². The van der Waals surface area contributed by atoms with Gasteiger partial charge in [0.25, 0.3) is 0 Å². The van der Waals surface area contributed by atoms with E-state index in [1.165, 1.54) is 0 Å². The molecular weight excluding hydrogens is 216 g/mol. The number of benzene rings is 1. The van der Waals surface area contributed by atoms with E-state index < -0.39 is 11.9 Å². The Hall–Kier alpha value is -1.84. The van der Waals surface area contributed by atoms with E-state index in [9.17, 15) is 9.90 Å². The highest BCUT2D eigenvalue weighted by molar-refractivity contribution is 5.82. The topological polar surface area (TPSA) is 55.1 Å². The summed E-state index contributed by atoms with van der Waals surface area (Å²) < 4.78 is 1.90. The molecule has 0 aliphatic carbocycles.